The van der Waals surface area contributed by atoms with Crippen LogP contribution in [0.1, 0.15) is 43.9 Å². The highest BCUT2D eigenvalue weighted by atomic mass is 16.4. The van der Waals surface area contributed by atoms with E-state index in [0.29, 0.717) is 13.0 Å². The number of aliphatic hydroxyl groups excluding tert-OH is 1. The van der Waals surface area contributed by atoms with E-state index in [-0.39, 0.29) is 12.5 Å². The molecule has 3 N–H and O–H groups in total. The van der Waals surface area contributed by atoms with Gasteiger partial charge in [-0.2, -0.15) is 0 Å². The second kappa shape index (κ2) is 7.92. The van der Waals surface area contributed by atoms with Crippen molar-refractivity contribution in [3.8, 4) is 0 Å². The number of aliphatic carboxylic acids is 1. The zero-order valence-electron chi connectivity index (χ0n) is 11.6. The first-order valence-corrected chi connectivity index (χ1v) is 6.76. The maximum atomic E-state index is 10.4. The smallest absolute Gasteiger partial charge is 0.303 e. The number of rotatable bonds is 8. The summed E-state index contributed by atoms with van der Waals surface area (Å²) in [6.07, 6.45) is 1.14. The number of aryl methyl sites for hydroxylation is 1. The van der Waals surface area contributed by atoms with Gasteiger partial charge in [-0.15, -0.1) is 0 Å². The van der Waals surface area contributed by atoms with Crippen molar-refractivity contribution in [2.75, 3.05) is 6.54 Å². The molecule has 0 aliphatic rings. The molecule has 0 bridgehead atoms. The molecule has 0 saturated heterocycles. The summed E-state index contributed by atoms with van der Waals surface area (Å²) >= 11 is 0. The normalized spacial score (nSPS) is 14.1. The molecule has 2 atom stereocenters. The molecule has 1 rings (SSSR count). The quantitative estimate of drug-likeness (QED) is 0.630. The molecule has 0 fully saturated rings. The first-order valence-electron chi connectivity index (χ1n) is 6.76. The van der Waals surface area contributed by atoms with Crippen LogP contribution < -0.4 is 5.32 Å². The van der Waals surface area contributed by atoms with E-state index >= 15 is 0 Å². The van der Waals surface area contributed by atoms with Gasteiger partial charge in [0.15, 0.2) is 0 Å². The SMILES string of the molecule is CCc1ccc(C(O)C(C)NCCCC(=O)O)cc1. The van der Waals surface area contributed by atoms with Crippen LogP contribution in [0, 0.1) is 0 Å². The van der Waals surface area contributed by atoms with Crippen LogP contribution in [0.25, 0.3) is 0 Å². The molecule has 0 aromatic heterocycles. The Morgan fingerprint density at radius 2 is 1.95 bits per heavy atom. The second-order valence-corrected chi connectivity index (χ2v) is 4.78. The van der Waals surface area contributed by atoms with Gasteiger partial charge < -0.3 is 15.5 Å². The van der Waals surface area contributed by atoms with Gasteiger partial charge in [0, 0.05) is 12.5 Å². The third-order valence-electron chi connectivity index (χ3n) is 3.24. The van der Waals surface area contributed by atoms with Gasteiger partial charge in [-0.25, -0.2) is 0 Å². The van der Waals surface area contributed by atoms with E-state index in [1.807, 2.05) is 31.2 Å². The third kappa shape index (κ3) is 5.41. The molecule has 0 spiro atoms. The summed E-state index contributed by atoms with van der Waals surface area (Å²) in [7, 11) is 0. The molecule has 4 nitrogen and oxygen atoms in total. The lowest BCUT2D eigenvalue weighted by Gasteiger charge is -2.20. The fourth-order valence-corrected chi connectivity index (χ4v) is 1.92. The van der Waals surface area contributed by atoms with Crippen LogP contribution in [0.5, 0.6) is 0 Å². The van der Waals surface area contributed by atoms with Gasteiger partial charge in [-0.3, -0.25) is 4.79 Å². The predicted molar refractivity (Wildman–Crippen MR) is 75.1 cm³/mol. The largest absolute Gasteiger partial charge is 0.481 e. The average molecular weight is 265 g/mol. The molecule has 0 aliphatic carbocycles. The minimum absolute atomic E-state index is 0.0960. The van der Waals surface area contributed by atoms with E-state index < -0.39 is 12.1 Å². The molecular weight excluding hydrogens is 242 g/mol. The van der Waals surface area contributed by atoms with Gasteiger partial charge in [0.2, 0.25) is 0 Å². The topological polar surface area (TPSA) is 69.6 Å². The molecule has 0 saturated carbocycles. The van der Waals surface area contributed by atoms with Gasteiger partial charge in [0.25, 0.3) is 0 Å². The lowest BCUT2D eigenvalue weighted by Crippen LogP contribution is -2.33. The van der Waals surface area contributed by atoms with Crippen molar-refractivity contribution in [3.63, 3.8) is 0 Å². The average Bonchev–Trinajstić information content (AvgIpc) is 2.42. The first-order chi connectivity index (χ1) is 9.04. The fraction of sp³-hybridized carbons (Fsp3) is 0.533. The van der Waals surface area contributed by atoms with Crippen molar-refractivity contribution in [2.24, 2.45) is 0 Å². The Kier molecular flexibility index (Phi) is 6.53. The minimum atomic E-state index is -0.787. The van der Waals surface area contributed by atoms with E-state index in [2.05, 4.69) is 12.2 Å². The van der Waals surface area contributed by atoms with E-state index in [0.717, 1.165) is 12.0 Å². The first kappa shape index (κ1) is 15.7. The standard InChI is InChI=1S/C15H23NO3/c1-3-12-6-8-13(9-7-12)15(19)11(2)16-10-4-5-14(17)18/h6-9,11,15-16,19H,3-5,10H2,1-2H3,(H,17,18). The molecule has 0 aliphatic heterocycles. The number of carboxylic acid groups (broad SMARTS) is 1. The summed E-state index contributed by atoms with van der Waals surface area (Å²) in [4.78, 5) is 10.4. The molecule has 1 aromatic rings. The van der Waals surface area contributed by atoms with Crippen LogP contribution >= 0.6 is 0 Å². The molecule has 0 heterocycles. The molecule has 1 aromatic carbocycles. The number of carbonyl (C=O) groups is 1. The molecule has 0 amide bonds. The lowest BCUT2D eigenvalue weighted by molar-refractivity contribution is -0.137. The molecule has 106 valence electrons. The van der Waals surface area contributed by atoms with Gasteiger partial charge >= 0.3 is 5.97 Å². The van der Waals surface area contributed by atoms with Crippen molar-refractivity contribution < 1.29 is 15.0 Å². The summed E-state index contributed by atoms with van der Waals surface area (Å²) in [6, 6.07) is 7.84. The van der Waals surface area contributed by atoms with Gasteiger partial charge in [0.05, 0.1) is 6.10 Å². The van der Waals surface area contributed by atoms with Crippen LogP contribution in [0.3, 0.4) is 0 Å². The number of hydrogen-bond donors (Lipinski definition) is 3. The van der Waals surface area contributed by atoms with Gasteiger partial charge in [0.1, 0.15) is 0 Å². The van der Waals surface area contributed by atoms with E-state index in [9.17, 15) is 9.90 Å². The Balaban J connectivity index is 2.42. The lowest BCUT2D eigenvalue weighted by atomic mass is 10.0. The Labute approximate surface area is 114 Å². The number of hydrogen-bond acceptors (Lipinski definition) is 3. The maximum Gasteiger partial charge on any atom is 0.303 e. The molecule has 4 heteroatoms. The summed E-state index contributed by atoms with van der Waals surface area (Å²) in [5, 5.41) is 21.9. The van der Waals surface area contributed by atoms with Crippen molar-refractivity contribution >= 4 is 5.97 Å². The number of aliphatic hydroxyl groups is 1. The predicted octanol–water partition coefficient (Wildman–Crippen LogP) is 2.13. The van der Waals surface area contributed by atoms with Gasteiger partial charge in [-0.1, -0.05) is 31.2 Å². The Hall–Kier alpha value is -1.39. The van der Waals surface area contributed by atoms with Crippen molar-refractivity contribution in [1.29, 1.82) is 0 Å². The van der Waals surface area contributed by atoms with Crippen LogP contribution in [0.4, 0.5) is 0 Å². The van der Waals surface area contributed by atoms with Crippen LogP contribution in [0.2, 0.25) is 0 Å². The van der Waals surface area contributed by atoms with Crippen LogP contribution in [0.15, 0.2) is 24.3 Å². The van der Waals surface area contributed by atoms with E-state index in [1.54, 1.807) is 0 Å². The van der Waals surface area contributed by atoms with Gasteiger partial charge in [-0.05, 0) is 37.4 Å². The van der Waals surface area contributed by atoms with Crippen LogP contribution in [-0.4, -0.2) is 28.8 Å². The Bertz CT molecular complexity index is 389. The number of benzene rings is 1. The van der Waals surface area contributed by atoms with Crippen molar-refractivity contribution in [2.45, 2.75) is 45.3 Å². The van der Waals surface area contributed by atoms with Crippen molar-refractivity contribution in [3.05, 3.63) is 35.4 Å². The molecule has 0 radical (unpaired) electrons. The van der Waals surface area contributed by atoms with E-state index in [1.165, 1.54) is 5.56 Å². The summed E-state index contributed by atoms with van der Waals surface area (Å²) < 4.78 is 0. The minimum Gasteiger partial charge on any atom is -0.481 e. The highest BCUT2D eigenvalue weighted by molar-refractivity contribution is 5.66. The van der Waals surface area contributed by atoms with E-state index in [4.69, 9.17) is 5.11 Å². The second-order valence-electron chi connectivity index (χ2n) is 4.78. The highest BCUT2D eigenvalue weighted by Crippen LogP contribution is 2.17. The van der Waals surface area contributed by atoms with Crippen LogP contribution in [-0.2, 0) is 11.2 Å². The molecule has 19 heavy (non-hydrogen) atoms. The fourth-order valence-electron chi connectivity index (χ4n) is 1.92. The third-order valence-corrected chi connectivity index (χ3v) is 3.24. The molecule has 2 unspecified atom stereocenters. The van der Waals surface area contributed by atoms with Crippen molar-refractivity contribution in [1.82, 2.24) is 5.32 Å². The number of carboxylic acids is 1. The monoisotopic (exact) mass is 265 g/mol. The number of nitrogens with one attached hydrogen (secondary N) is 1. The maximum absolute atomic E-state index is 10.4. The molecular formula is C15H23NO3. The Morgan fingerprint density at radius 3 is 2.47 bits per heavy atom. The summed E-state index contributed by atoms with van der Waals surface area (Å²) in [5.41, 5.74) is 2.13. The summed E-state index contributed by atoms with van der Waals surface area (Å²) in [5.74, 6) is -0.787. The zero-order valence-corrected chi connectivity index (χ0v) is 11.6. The Morgan fingerprint density at radius 1 is 1.32 bits per heavy atom. The summed E-state index contributed by atoms with van der Waals surface area (Å²) in [6.45, 7) is 4.59. The zero-order chi connectivity index (χ0) is 14.3. The highest BCUT2D eigenvalue weighted by Gasteiger charge is 2.15.